The maximum atomic E-state index is 7.23. The standard InChI is InChI=1S/C10H15N3O2/c1-7(6-14-2)15-8-3-4-13-9(5-8)10(11)12/h3-5,7H,6H2,1-2H3,(H3,11,12). The van der Waals surface area contributed by atoms with Gasteiger partial charge in [-0.1, -0.05) is 0 Å². The molecule has 0 bridgehead atoms. The molecule has 1 unspecified atom stereocenters. The second kappa shape index (κ2) is 5.31. The van der Waals surface area contributed by atoms with Crippen molar-refractivity contribution in [1.29, 1.82) is 5.41 Å². The molecule has 0 amide bonds. The largest absolute Gasteiger partial charge is 0.488 e. The maximum Gasteiger partial charge on any atom is 0.141 e. The first-order valence-electron chi connectivity index (χ1n) is 4.59. The van der Waals surface area contributed by atoms with Gasteiger partial charge in [-0.25, -0.2) is 0 Å². The number of nitrogens with one attached hydrogen (secondary N) is 1. The molecule has 0 fully saturated rings. The summed E-state index contributed by atoms with van der Waals surface area (Å²) in [6.07, 6.45) is 1.52. The van der Waals surface area contributed by atoms with E-state index in [1.807, 2.05) is 6.92 Å². The van der Waals surface area contributed by atoms with Crippen molar-refractivity contribution in [3.05, 3.63) is 24.0 Å². The number of amidine groups is 1. The summed E-state index contributed by atoms with van der Waals surface area (Å²) in [4.78, 5) is 3.93. The van der Waals surface area contributed by atoms with E-state index in [0.29, 0.717) is 18.1 Å². The van der Waals surface area contributed by atoms with Gasteiger partial charge in [0.25, 0.3) is 0 Å². The average Bonchev–Trinajstić information content (AvgIpc) is 2.18. The van der Waals surface area contributed by atoms with E-state index in [-0.39, 0.29) is 11.9 Å². The van der Waals surface area contributed by atoms with E-state index in [1.165, 1.54) is 0 Å². The average molecular weight is 209 g/mol. The highest BCUT2D eigenvalue weighted by Crippen LogP contribution is 2.12. The molecule has 5 heteroatoms. The van der Waals surface area contributed by atoms with Crippen LogP contribution >= 0.6 is 0 Å². The fourth-order valence-electron chi connectivity index (χ4n) is 1.13. The van der Waals surface area contributed by atoms with Crippen LogP contribution in [0.5, 0.6) is 5.75 Å². The number of pyridine rings is 1. The Labute approximate surface area is 88.7 Å². The third kappa shape index (κ3) is 3.55. The molecule has 0 saturated carbocycles. The predicted molar refractivity (Wildman–Crippen MR) is 57.2 cm³/mol. The molecular formula is C10H15N3O2. The highest BCUT2D eigenvalue weighted by atomic mass is 16.5. The zero-order valence-electron chi connectivity index (χ0n) is 8.86. The van der Waals surface area contributed by atoms with Gasteiger partial charge < -0.3 is 15.2 Å². The van der Waals surface area contributed by atoms with Crippen molar-refractivity contribution in [2.24, 2.45) is 5.73 Å². The SMILES string of the molecule is COCC(C)Oc1ccnc(C(=N)N)c1. The lowest BCUT2D eigenvalue weighted by Gasteiger charge is -2.13. The minimum Gasteiger partial charge on any atom is -0.488 e. The molecule has 1 aromatic heterocycles. The number of nitrogens with zero attached hydrogens (tertiary/aromatic N) is 1. The lowest BCUT2D eigenvalue weighted by Crippen LogP contribution is -2.19. The van der Waals surface area contributed by atoms with Gasteiger partial charge >= 0.3 is 0 Å². The van der Waals surface area contributed by atoms with Gasteiger partial charge in [-0.2, -0.15) is 0 Å². The number of ether oxygens (including phenoxy) is 2. The number of methoxy groups -OCH3 is 1. The molecule has 0 spiro atoms. The van der Waals surface area contributed by atoms with Crippen LogP contribution in [0.15, 0.2) is 18.3 Å². The van der Waals surface area contributed by atoms with E-state index >= 15 is 0 Å². The van der Waals surface area contributed by atoms with Gasteiger partial charge in [0.15, 0.2) is 0 Å². The molecule has 0 aliphatic rings. The van der Waals surface area contributed by atoms with Gasteiger partial charge in [0.05, 0.1) is 6.61 Å². The molecule has 3 N–H and O–H groups in total. The van der Waals surface area contributed by atoms with Crippen molar-refractivity contribution in [3.8, 4) is 5.75 Å². The lowest BCUT2D eigenvalue weighted by atomic mass is 10.3. The fraction of sp³-hybridized carbons (Fsp3) is 0.400. The third-order valence-electron chi connectivity index (χ3n) is 1.75. The fourth-order valence-corrected chi connectivity index (χ4v) is 1.13. The van der Waals surface area contributed by atoms with Gasteiger partial charge in [-0.05, 0) is 13.0 Å². The van der Waals surface area contributed by atoms with Crippen LogP contribution in [-0.4, -0.2) is 30.6 Å². The van der Waals surface area contributed by atoms with Crippen LogP contribution in [0.4, 0.5) is 0 Å². The molecule has 1 atom stereocenters. The summed E-state index contributed by atoms with van der Waals surface area (Å²) in [7, 11) is 1.62. The van der Waals surface area contributed by atoms with Crippen LogP contribution in [0.3, 0.4) is 0 Å². The first-order chi connectivity index (χ1) is 7.13. The molecule has 0 aromatic carbocycles. The number of nitrogen functional groups attached to an aromatic ring is 1. The molecule has 1 rings (SSSR count). The van der Waals surface area contributed by atoms with Gasteiger partial charge in [0, 0.05) is 19.4 Å². The highest BCUT2D eigenvalue weighted by Gasteiger charge is 2.05. The Kier molecular flexibility index (Phi) is 4.05. The van der Waals surface area contributed by atoms with E-state index < -0.39 is 0 Å². The first kappa shape index (κ1) is 11.5. The number of aromatic nitrogens is 1. The monoisotopic (exact) mass is 209 g/mol. The van der Waals surface area contributed by atoms with Crippen LogP contribution in [0, 0.1) is 5.41 Å². The van der Waals surface area contributed by atoms with Gasteiger partial charge in [0.2, 0.25) is 0 Å². The molecule has 0 saturated heterocycles. The summed E-state index contributed by atoms with van der Waals surface area (Å²) in [6, 6.07) is 3.35. The number of rotatable bonds is 5. The smallest absolute Gasteiger partial charge is 0.141 e. The number of hydrogen-bond donors (Lipinski definition) is 2. The van der Waals surface area contributed by atoms with Crippen molar-refractivity contribution in [3.63, 3.8) is 0 Å². The number of nitrogens with two attached hydrogens (primary N) is 1. The summed E-state index contributed by atoms with van der Waals surface area (Å²) < 4.78 is 10.5. The van der Waals surface area contributed by atoms with Crippen molar-refractivity contribution in [2.45, 2.75) is 13.0 Å². The van der Waals surface area contributed by atoms with E-state index in [1.54, 1.807) is 25.4 Å². The quantitative estimate of drug-likeness (QED) is 0.554. The van der Waals surface area contributed by atoms with Gasteiger partial charge in [-0.3, -0.25) is 10.4 Å². The minimum atomic E-state index is -0.0696. The highest BCUT2D eigenvalue weighted by molar-refractivity contribution is 5.93. The molecule has 1 heterocycles. The molecule has 0 radical (unpaired) electrons. The van der Waals surface area contributed by atoms with Crippen LogP contribution in [0.25, 0.3) is 0 Å². The van der Waals surface area contributed by atoms with E-state index in [9.17, 15) is 0 Å². The van der Waals surface area contributed by atoms with Crippen LogP contribution in [0.2, 0.25) is 0 Å². The Morgan fingerprint density at radius 3 is 3.00 bits per heavy atom. The van der Waals surface area contributed by atoms with E-state index in [2.05, 4.69) is 4.98 Å². The Morgan fingerprint density at radius 1 is 1.67 bits per heavy atom. The van der Waals surface area contributed by atoms with Crippen molar-refractivity contribution in [2.75, 3.05) is 13.7 Å². The summed E-state index contributed by atoms with van der Waals surface area (Å²) in [6.45, 7) is 2.41. The van der Waals surface area contributed by atoms with E-state index in [4.69, 9.17) is 20.6 Å². The molecule has 1 aromatic rings. The molecule has 5 nitrogen and oxygen atoms in total. The Bertz CT molecular complexity index is 341. The van der Waals surface area contributed by atoms with Gasteiger partial charge in [0.1, 0.15) is 23.4 Å². The summed E-state index contributed by atoms with van der Waals surface area (Å²) >= 11 is 0. The third-order valence-corrected chi connectivity index (χ3v) is 1.75. The predicted octanol–water partition coefficient (Wildman–Crippen LogP) is 0.779. The molecule has 82 valence electrons. The molecule has 0 aliphatic heterocycles. The molecular weight excluding hydrogens is 194 g/mol. The second-order valence-electron chi connectivity index (χ2n) is 3.17. The van der Waals surface area contributed by atoms with Gasteiger partial charge in [-0.15, -0.1) is 0 Å². The topological polar surface area (TPSA) is 81.2 Å². The molecule has 0 aliphatic carbocycles. The Morgan fingerprint density at radius 2 is 2.40 bits per heavy atom. The zero-order chi connectivity index (χ0) is 11.3. The van der Waals surface area contributed by atoms with Crippen molar-refractivity contribution >= 4 is 5.84 Å². The van der Waals surface area contributed by atoms with Crippen LogP contribution < -0.4 is 10.5 Å². The van der Waals surface area contributed by atoms with Crippen molar-refractivity contribution < 1.29 is 9.47 Å². The summed E-state index contributed by atoms with van der Waals surface area (Å²) in [5, 5.41) is 7.23. The second-order valence-corrected chi connectivity index (χ2v) is 3.17. The minimum absolute atomic E-state index is 0.0443. The van der Waals surface area contributed by atoms with Crippen LogP contribution in [-0.2, 0) is 4.74 Å². The first-order valence-corrected chi connectivity index (χ1v) is 4.59. The lowest BCUT2D eigenvalue weighted by molar-refractivity contribution is 0.0920. The summed E-state index contributed by atoms with van der Waals surface area (Å²) in [5.74, 6) is 0.569. The summed E-state index contributed by atoms with van der Waals surface area (Å²) in [5.41, 5.74) is 5.73. The normalized spacial score (nSPS) is 12.1. The maximum absolute atomic E-state index is 7.23. The number of hydrogen-bond acceptors (Lipinski definition) is 4. The van der Waals surface area contributed by atoms with E-state index in [0.717, 1.165) is 0 Å². The Balaban J connectivity index is 2.69. The molecule has 15 heavy (non-hydrogen) atoms. The Hall–Kier alpha value is -1.62. The zero-order valence-corrected chi connectivity index (χ0v) is 8.86. The van der Waals surface area contributed by atoms with Crippen LogP contribution in [0.1, 0.15) is 12.6 Å². The van der Waals surface area contributed by atoms with Crippen molar-refractivity contribution in [1.82, 2.24) is 4.98 Å².